The van der Waals surface area contributed by atoms with E-state index in [4.69, 9.17) is 9.47 Å². The Kier molecular flexibility index (Phi) is 7.60. The monoisotopic (exact) mass is 456 g/mol. The van der Waals surface area contributed by atoms with Crippen molar-refractivity contribution < 1.29 is 19.1 Å². The Morgan fingerprint density at radius 3 is 1.85 bits per heavy atom. The average molecular weight is 457 g/mol. The highest BCUT2D eigenvalue weighted by Gasteiger charge is 2.18. The predicted molar refractivity (Wildman–Crippen MR) is 136 cm³/mol. The van der Waals surface area contributed by atoms with Crippen LogP contribution in [0.1, 0.15) is 26.2 Å². The first-order valence-corrected chi connectivity index (χ1v) is 11.5. The second-order valence-electron chi connectivity index (χ2n) is 8.07. The molecule has 174 valence electrons. The van der Waals surface area contributed by atoms with Crippen LogP contribution in [0.25, 0.3) is 21.5 Å². The van der Waals surface area contributed by atoms with E-state index in [2.05, 4.69) is 17.6 Å². The van der Waals surface area contributed by atoms with E-state index in [1.807, 2.05) is 84.9 Å². The lowest BCUT2D eigenvalue weighted by atomic mass is 10.1. The van der Waals surface area contributed by atoms with Crippen LogP contribution in [-0.2, 0) is 9.47 Å². The SMILES string of the molecule is CCCC[C@H](COC(=O)Nc1cccc2ccccc12)OC(=O)Nc1cccc2ccccc12. The van der Waals surface area contributed by atoms with Gasteiger partial charge in [-0.3, -0.25) is 10.6 Å². The number of nitrogens with one attached hydrogen (secondary N) is 2. The van der Waals surface area contributed by atoms with Crippen molar-refractivity contribution in [3.8, 4) is 0 Å². The minimum Gasteiger partial charge on any atom is -0.445 e. The largest absolute Gasteiger partial charge is 0.445 e. The fourth-order valence-electron chi connectivity index (χ4n) is 3.88. The lowest BCUT2D eigenvalue weighted by Crippen LogP contribution is -2.29. The van der Waals surface area contributed by atoms with Crippen molar-refractivity contribution in [3.63, 3.8) is 0 Å². The van der Waals surface area contributed by atoms with Crippen molar-refractivity contribution in [3.05, 3.63) is 84.9 Å². The summed E-state index contributed by atoms with van der Waals surface area (Å²) in [7, 11) is 0. The molecule has 2 amide bonds. The molecular weight excluding hydrogens is 428 g/mol. The molecule has 0 aliphatic rings. The zero-order valence-electron chi connectivity index (χ0n) is 19.1. The molecule has 4 aromatic rings. The predicted octanol–water partition coefficient (Wildman–Crippen LogP) is 7.35. The normalized spacial score (nSPS) is 11.7. The minimum absolute atomic E-state index is 0.0282. The van der Waals surface area contributed by atoms with E-state index < -0.39 is 18.3 Å². The lowest BCUT2D eigenvalue weighted by molar-refractivity contribution is 0.0501. The number of carbonyl (C=O) groups is 2. The van der Waals surface area contributed by atoms with E-state index in [9.17, 15) is 9.59 Å². The van der Waals surface area contributed by atoms with E-state index in [1.165, 1.54) is 0 Å². The second-order valence-corrected chi connectivity index (χ2v) is 8.07. The van der Waals surface area contributed by atoms with Crippen LogP contribution in [0.15, 0.2) is 84.9 Å². The molecule has 4 aromatic carbocycles. The fourth-order valence-corrected chi connectivity index (χ4v) is 3.88. The van der Waals surface area contributed by atoms with Gasteiger partial charge in [-0.15, -0.1) is 0 Å². The van der Waals surface area contributed by atoms with Gasteiger partial charge in [0.1, 0.15) is 12.7 Å². The van der Waals surface area contributed by atoms with Crippen LogP contribution in [-0.4, -0.2) is 24.9 Å². The van der Waals surface area contributed by atoms with Gasteiger partial charge in [0.15, 0.2) is 0 Å². The van der Waals surface area contributed by atoms with Crippen molar-refractivity contribution in [2.45, 2.75) is 32.3 Å². The maximum Gasteiger partial charge on any atom is 0.412 e. The third-order valence-electron chi connectivity index (χ3n) is 5.61. The highest BCUT2D eigenvalue weighted by atomic mass is 16.6. The standard InChI is InChI=1S/C28H28N2O4/c1-2-3-14-22(34-28(32)30-26-18-9-13-21-11-5-7-16-24(21)26)19-33-27(31)29-25-17-8-12-20-10-4-6-15-23(20)25/h4-13,15-18,22H,2-3,14,19H2,1H3,(H,29,31)(H,30,32)/t22-/m1/s1. The quantitative estimate of drug-likeness (QED) is 0.291. The average Bonchev–Trinajstić information content (AvgIpc) is 2.86. The molecule has 0 spiro atoms. The molecule has 0 fully saturated rings. The zero-order chi connectivity index (χ0) is 23.8. The summed E-state index contributed by atoms with van der Waals surface area (Å²) >= 11 is 0. The molecule has 0 unspecified atom stereocenters. The smallest absolute Gasteiger partial charge is 0.412 e. The number of unbranched alkanes of at least 4 members (excludes halogenated alkanes) is 1. The van der Waals surface area contributed by atoms with Gasteiger partial charge in [0.05, 0.1) is 11.4 Å². The van der Waals surface area contributed by atoms with E-state index in [1.54, 1.807) is 0 Å². The number of ether oxygens (including phenoxy) is 2. The maximum absolute atomic E-state index is 12.6. The van der Waals surface area contributed by atoms with Gasteiger partial charge in [0.2, 0.25) is 0 Å². The first kappa shape index (κ1) is 23.1. The Morgan fingerprint density at radius 2 is 1.26 bits per heavy atom. The number of carbonyl (C=O) groups excluding carboxylic acids is 2. The number of hydrogen-bond acceptors (Lipinski definition) is 4. The van der Waals surface area contributed by atoms with Gasteiger partial charge in [-0.1, -0.05) is 86.1 Å². The van der Waals surface area contributed by atoms with E-state index >= 15 is 0 Å². The van der Waals surface area contributed by atoms with Gasteiger partial charge in [-0.05, 0) is 35.7 Å². The number of anilines is 2. The first-order chi connectivity index (χ1) is 16.6. The molecule has 0 aliphatic heterocycles. The van der Waals surface area contributed by atoms with Crippen LogP contribution in [0, 0.1) is 0 Å². The first-order valence-electron chi connectivity index (χ1n) is 11.5. The Bertz CT molecular complexity index is 1280. The van der Waals surface area contributed by atoms with Crippen molar-refractivity contribution >= 4 is 45.1 Å². The fraction of sp³-hybridized carbons (Fsp3) is 0.214. The molecule has 6 heteroatoms. The summed E-state index contributed by atoms with van der Waals surface area (Å²) < 4.78 is 11.0. The molecule has 34 heavy (non-hydrogen) atoms. The summed E-state index contributed by atoms with van der Waals surface area (Å²) in [6.07, 6.45) is 0.675. The molecule has 0 saturated carbocycles. The van der Waals surface area contributed by atoms with Crippen molar-refractivity contribution in [1.29, 1.82) is 0 Å². The van der Waals surface area contributed by atoms with Crippen LogP contribution >= 0.6 is 0 Å². The number of fused-ring (bicyclic) bond motifs is 2. The molecule has 2 N–H and O–H groups in total. The Morgan fingerprint density at radius 1 is 0.735 bits per heavy atom. The van der Waals surface area contributed by atoms with Gasteiger partial charge < -0.3 is 9.47 Å². The molecule has 1 atom stereocenters. The van der Waals surface area contributed by atoms with Crippen LogP contribution < -0.4 is 10.6 Å². The maximum atomic E-state index is 12.6. The molecule has 0 saturated heterocycles. The molecule has 0 aromatic heterocycles. The van der Waals surface area contributed by atoms with Crippen molar-refractivity contribution in [1.82, 2.24) is 0 Å². The van der Waals surface area contributed by atoms with E-state index in [0.717, 1.165) is 34.4 Å². The third kappa shape index (κ3) is 5.84. The minimum atomic E-state index is -0.587. The van der Waals surface area contributed by atoms with Crippen LogP contribution in [0.2, 0.25) is 0 Å². The highest BCUT2D eigenvalue weighted by molar-refractivity contribution is 6.01. The molecule has 0 bridgehead atoms. The third-order valence-corrected chi connectivity index (χ3v) is 5.61. The molecule has 0 heterocycles. The van der Waals surface area contributed by atoms with Crippen molar-refractivity contribution in [2.24, 2.45) is 0 Å². The summed E-state index contributed by atoms with van der Waals surface area (Å²) in [5.41, 5.74) is 1.34. The summed E-state index contributed by atoms with van der Waals surface area (Å²) in [6, 6.07) is 27.0. The molecular formula is C28H28N2O4. The second kappa shape index (κ2) is 11.2. The van der Waals surface area contributed by atoms with E-state index in [-0.39, 0.29) is 6.61 Å². The van der Waals surface area contributed by atoms with Gasteiger partial charge in [0.25, 0.3) is 0 Å². The lowest BCUT2D eigenvalue weighted by Gasteiger charge is -2.19. The van der Waals surface area contributed by atoms with Gasteiger partial charge in [0, 0.05) is 10.8 Å². The summed E-state index contributed by atoms with van der Waals surface area (Å²) in [4.78, 5) is 25.1. The highest BCUT2D eigenvalue weighted by Crippen LogP contribution is 2.24. The molecule has 4 rings (SSSR count). The Balaban J connectivity index is 1.36. The van der Waals surface area contributed by atoms with Crippen LogP contribution in [0.5, 0.6) is 0 Å². The van der Waals surface area contributed by atoms with Crippen molar-refractivity contribution in [2.75, 3.05) is 17.2 Å². The molecule has 0 aliphatic carbocycles. The number of hydrogen-bond donors (Lipinski definition) is 2. The molecule has 6 nitrogen and oxygen atoms in total. The summed E-state index contributed by atoms with van der Waals surface area (Å²) in [6.45, 7) is 2.03. The number of amides is 2. The topological polar surface area (TPSA) is 76.7 Å². The number of rotatable bonds is 8. The van der Waals surface area contributed by atoms with Gasteiger partial charge >= 0.3 is 12.2 Å². The zero-order valence-corrected chi connectivity index (χ0v) is 19.1. The summed E-state index contributed by atoms with van der Waals surface area (Å²) in [5, 5.41) is 9.52. The van der Waals surface area contributed by atoms with Crippen LogP contribution in [0.4, 0.5) is 21.0 Å². The van der Waals surface area contributed by atoms with E-state index in [0.29, 0.717) is 17.8 Å². The summed E-state index contributed by atoms with van der Waals surface area (Å²) in [5.74, 6) is 0. The molecule has 0 radical (unpaired) electrons. The Hall–Kier alpha value is -4.06. The van der Waals surface area contributed by atoms with Crippen LogP contribution in [0.3, 0.4) is 0 Å². The Labute approximate surface area is 198 Å². The van der Waals surface area contributed by atoms with Gasteiger partial charge in [-0.2, -0.15) is 0 Å². The number of benzene rings is 4. The van der Waals surface area contributed by atoms with Gasteiger partial charge in [-0.25, -0.2) is 9.59 Å².